The second-order valence-electron chi connectivity index (χ2n) is 6.74. The molecule has 5 heteroatoms. The number of hydrogen-bond donors (Lipinski definition) is 1. The van der Waals surface area contributed by atoms with Gasteiger partial charge in [-0.25, -0.2) is 4.98 Å². The minimum Gasteiger partial charge on any atom is -0.441 e. The number of rotatable bonds is 5. The van der Waals surface area contributed by atoms with Crippen LogP contribution >= 0.6 is 0 Å². The second-order valence-corrected chi connectivity index (χ2v) is 6.74. The maximum Gasteiger partial charge on any atom is 0.196 e. The molecule has 4 rings (SSSR count). The molecule has 0 radical (unpaired) electrons. The number of likely N-dealkylation sites (tertiary alicyclic amines) is 1. The van der Waals surface area contributed by atoms with E-state index in [0.717, 1.165) is 60.5 Å². The molecular weight excluding hydrogens is 326 g/mol. The Bertz CT molecular complexity index is 940. The van der Waals surface area contributed by atoms with Crippen LogP contribution in [0.15, 0.2) is 46.9 Å². The predicted octanol–water partition coefficient (Wildman–Crippen LogP) is 3.37. The zero-order valence-electron chi connectivity index (χ0n) is 14.6. The molecule has 0 saturated carbocycles. The summed E-state index contributed by atoms with van der Waals surface area (Å²) >= 11 is 0. The van der Waals surface area contributed by atoms with E-state index in [4.69, 9.17) is 9.68 Å². The van der Waals surface area contributed by atoms with Crippen LogP contribution in [0.25, 0.3) is 22.2 Å². The minimum atomic E-state index is 0.224. The maximum absolute atomic E-state index is 9.42. The van der Waals surface area contributed by atoms with Gasteiger partial charge in [-0.2, -0.15) is 5.26 Å². The predicted molar refractivity (Wildman–Crippen MR) is 99.5 cm³/mol. The van der Waals surface area contributed by atoms with E-state index in [9.17, 15) is 5.11 Å². The lowest BCUT2D eigenvalue weighted by Gasteiger charge is -2.21. The fraction of sp³-hybridized carbons (Fsp3) is 0.333. The SMILES string of the molecule is N#Cc1ccc(-c2ccc3oc(CCN4CCCC4CO)nc3c2)cc1. The van der Waals surface area contributed by atoms with Gasteiger partial charge < -0.3 is 9.52 Å². The van der Waals surface area contributed by atoms with Gasteiger partial charge >= 0.3 is 0 Å². The molecule has 0 spiro atoms. The van der Waals surface area contributed by atoms with E-state index in [2.05, 4.69) is 16.0 Å². The lowest BCUT2D eigenvalue weighted by atomic mass is 10.0. The molecule has 2 aromatic carbocycles. The summed E-state index contributed by atoms with van der Waals surface area (Å²) in [7, 11) is 0. The quantitative estimate of drug-likeness (QED) is 0.766. The average Bonchev–Trinajstić information content (AvgIpc) is 3.31. The van der Waals surface area contributed by atoms with Crippen molar-refractivity contribution in [2.45, 2.75) is 25.3 Å². The van der Waals surface area contributed by atoms with Crippen molar-refractivity contribution in [1.82, 2.24) is 9.88 Å². The first-order chi connectivity index (χ1) is 12.8. The van der Waals surface area contributed by atoms with Gasteiger partial charge in [0, 0.05) is 19.0 Å². The van der Waals surface area contributed by atoms with E-state index in [1.165, 1.54) is 0 Å². The molecule has 1 fully saturated rings. The number of aliphatic hydroxyl groups is 1. The fourth-order valence-corrected chi connectivity index (χ4v) is 3.63. The Labute approximate surface area is 152 Å². The van der Waals surface area contributed by atoms with Gasteiger partial charge in [-0.05, 0) is 54.8 Å². The van der Waals surface area contributed by atoms with Crippen molar-refractivity contribution in [2.24, 2.45) is 0 Å². The minimum absolute atomic E-state index is 0.224. The molecular formula is C21H21N3O2. The lowest BCUT2D eigenvalue weighted by molar-refractivity contribution is 0.158. The molecule has 1 saturated heterocycles. The third kappa shape index (κ3) is 3.34. The molecule has 1 unspecified atom stereocenters. The Morgan fingerprint density at radius 3 is 2.77 bits per heavy atom. The zero-order chi connectivity index (χ0) is 17.9. The van der Waals surface area contributed by atoms with Crippen LogP contribution < -0.4 is 0 Å². The lowest BCUT2D eigenvalue weighted by Crippen LogP contribution is -2.33. The zero-order valence-corrected chi connectivity index (χ0v) is 14.6. The van der Waals surface area contributed by atoms with Crippen LogP contribution in [-0.2, 0) is 6.42 Å². The number of nitriles is 1. The third-order valence-corrected chi connectivity index (χ3v) is 5.10. The van der Waals surface area contributed by atoms with Crippen molar-refractivity contribution in [3.05, 3.63) is 53.9 Å². The van der Waals surface area contributed by atoms with Gasteiger partial charge in [0.1, 0.15) is 5.52 Å². The first-order valence-corrected chi connectivity index (χ1v) is 9.02. The number of nitrogens with zero attached hydrogens (tertiary/aromatic N) is 3. The highest BCUT2D eigenvalue weighted by Gasteiger charge is 2.23. The topological polar surface area (TPSA) is 73.3 Å². The van der Waals surface area contributed by atoms with Gasteiger partial charge in [-0.3, -0.25) is 4.90 Å². The van der Waals surface area contributed by atoms with E-state index in [1.807, 2.05) is 42.5 Å². The van der Waals surface area contributed by atoms with Crippen molar-refractivity contribution in [3.8, 4) is 17.2 Å². The van der Waals surface area contributed by atoms with Crippen molar-refractivity contribution in [2.75, 3.05) is 19.7 Å². The van der Waals surface area contributed by atoms with Gasteiger partial charge in [0.2, 0.25) is 0 Å². The maximum atomic E-state index is 9.42. The third-order valence-electron chi connectivity index (χ3n) is 5.10. The van der Waals surface area contributed by atoms with E-state index >= 15 is 0 Å². The highest BCUT2D eigenvalue weighted by molar-refractivity contribution is 5.80. The van der Waals surface area contributed by atoms with Gasteiger partial charge in [0.25, 0.3) is 0 Å². The van der Waals surface area contributed by atoms with Crippen LogP contribution in [-0.4, -0.2) is 40.7 Å². The summed E-state index contributed by atoms with van der Waals surface area (Å²) in [5, 5.41) is 18.3. The first kappa shape index (κ1) is 16.8. The fourth-order valence-electron chi connectivity index (χ4n) is 3.63. The molecule has 0 aliphatic carbocycles. The van der Waals surface area contributed by atoms with Crippen LogP contribution in [0.1, 0.15) is 24.3 Å². The molecule has 0 bridgehead atoms. The van der Waals surface area contributed by atoms with E-state index < -0.39 is 0 Å². The van der Waals surface area contributed by atoms with Crippen molar-refractivity contribution >= 4 is 11.1 Å². The van der Waals surface area contributed by atoms with Crippen LogP contribution in [0, 0.1) is 11.3 Å². The summed E-state index contributed by atoms with van der Waals surface area (Å²) in [5.41, 5.74) is 4.40. The summed E-state index contributed by atoms with van der Waals surface area (Å²) in [6.07, 6.45) is 2.96. The molecule has 5 nitrogen and oxygen atoms in total. The molecule has 132 valence electrons. The summed E-state index contributed by atoms with van der Waals surface area (Å²) in [6, 6.07) is 15.9. The summed E-state index contributed by atoms with van der Waals surface area (Å²) in [6.45, 7) is 2.12. The number of oxazole rings is 1. The first-order valence-electron chi connectivity index (χ1n) is 9.02. The molecule has 1 aliphatic heterocycles. The molecule has 26 heavy (non-hydrogen) atoms. The Balaban J connectivity index is 1.51. The van der Waals surface area contributed by atoms with Crippen molar-refractivity contribution in [3.63, 3.8) is 0 Å². The monoisotopic (exact) mass is 347 g/mol. The van der Waals surface area contributed by atoms with E-state index in [1.54, 1.807) is 0 Å². The molecule has 1 aromatic heterocycles. The molecule has 2 heterocycles. The van der Waals surface area contributed by atoms with Gasteiger partial charge in [-0.15, -0.1) is 0 Å². The number of aromatic nitrogens is 1. The number of aliphatic hydroxyl groups excluding tert-OH is 1. The van der Waals surface area contributed by atoms with Gasteiger partial charge in [0.05, 0.1) is 18.2 Å². The van der Waals surface area contributed by atoms with Crippen molar-refractivity contribution < 1.29 is 9.52 Å². The Hall–Kier alpha value is -2.68. The van der Waals surface area contributed by atoms with Crippen LogP contribution in [0.4, 0.5) is 0 Å². The largest absolute Gasteiger partial charge is 0.441 e. The molecule has 1 N–H and O–H groups in total. The Morgan fingerprint density at radius 2 is 2.00 bits per heavy atom. The molecule has 1 aliphatic rings. The van der Waals surface area contributed by atoms with Gasteiger partial charge in [0.15, 0.2) is 11.5 Å². The number of fused-ring (bicyclic) bond motifs is 1. The molecule has 0 amide bonds. The second kappa shape index (κ2) is 7.28. The smallest absolute Gasteiger partial charge is 0.196 e. The number of benzene rings is 2. The van der Waals surface area contributed by atoms with Crippen LogP contribution in [0.3, 0.4) is 0 Å². The van der Waals surface area contributed by atoms with E-state index in [0.29, 0.717) is 5.56 Å². The highest BCUT2D eigenvalue weighted by Crippen LogP contribution is 2.26. The normalized spacial score (nSPS) is 17.6. The highest BCUT2D eigenvalue weighted by atomic mass is 16.3. The van der Waals surface area contributed by atoms with Crippen LogP contribution in [0.2, 0.25) is 0 Å². The average molecular weight is 347 g/mol. The molecule has 1 atom stereocenters. The number of hydrogen-bond acceptors (Lipinski definition) is 5. The van der Waals surface area contributed by atoms with Crippen molar-refractivity contribution in [1.29, 1.82) is 5.26 Å². The standard InChI is InChI=1S/C21H21N3O2/c22-13-15-3-5-16(6-4-15)17-7-8-20-19(12-17)23-21(26-20)9-11-24-10-1-2-18(24)14-25/h3-8,12,18,25H,1-2,9-11,14H2. The Morgan fingerprint density at radius 1 is 1.19 bits per heavy atom. The Kier molecular flexibility index (Phi) is 4.70. The molecule has 3 aromatic rings. The summed E-state index contributed by atoms with van der Waals surface area (Å²) in [4.78, 5) is 6.95. The van der Waals surface area contributed by atoms with Crippen LogP contribution in [0.5, 0.6) is 0 Å². The van der Waals surface area contributed by atoms with E-state index in [-0.39, 0.29) is 12.6 Å². The van der Waals surface area contributed by atoms with Gasteiger partial charge in [-0.1, -0.05) is 18.2 Å². The summed E-state index contributed by atoms with van der Waals surface area (Å²) in [5.74, 6) is 0.737. The summed E-state index contributed by atoms with van der Waals surface area (Å²) < 4.78 is 5.88.